The van der Waals surface area contributed by atoms with Crippen molar-refractivity contribution in [2.24, 2.45) is 5.73 Å². The summed E-state index contributed by atoms with van der Waals surface area (Å²) in [5.74, 6) is 0.364. The summed E-state index contributed by atoms with van der Waals surface area (Å²) in [6.45, 7) is 109. The average molecular weight is 1640 g/mol. The predicted molar refractivity (Wildman–Crippen MR) is 539 cm³/mol. The molecule has 0 amide bonds. The predicted octanol–water partition coefficient (Wildman–Crippen LogP) is 32.4. The number of benzene rings is 9. The van der Waals surface area contributed by atoms with Gasteiger partial charge in [-0.25, -0.2) is 0 Å². The highest BCUT2D eigenvalue weighted by Gasteiger charge is 2.27. The Balaban J connectivity index is 0.000000681. The highest BCUT2D eigenvalue weighted by molar-refractivity contribution is 5.57. The van der Waals surface area contributed by atoms with Gasteiger partial charge in [0.05, 0.1) is 23.3 Å². The van der Waals surface area contributed by atoms with Crippen molar-refractivity contribution in [3.8, 4) is 17.9 Å². The van der Waals surface area contributed by atoms with Crippen molar-refractivity contribution >= 4 is 5.69 Å². The van der Waals surface area contributed by atoms with Crippen LogP contribution in [0.1, 0.15) is 383 Å². The van der Waals surface area contributed by atoms with Crippen molar-refractivity contribution in [1.29, 1.82) is 10.5 Å². The van der Waals surface area contributed by atoms with Crippen molar-refractivity contribution in [3.63, 3.8) is 0 Å². The summed E-state index contributed by atoms with van der Waals surface area (Å²) >= 11 is 0. The molecule has 0 saturated heterocycles. The molecular formula is C116H174N4O. The standard InChI is InChI=1S/C14H22.C13H21N.C13H17N.4C13H20.C12H16N2.C12H18O/c1-7-12-8-10(2)13(11(3)9-12)14(4,5)6;1-9-6-11(8-14)7-10(2)12(9)13(3,4)5;1-9-6-7-11(8-14)12(10(9)2)13(3,4)5;2*1-9-7-10(2)12(11(3)8-9)13(4,5)6;2*1-9-7-8-10(2)12(11(9)3)13(4,5)6;1-8-5-10(14)6-9(7-13)11(8)12(2,3)4;1-8-6-10(13)7-9(2)11(8)12(3,4)5/h8-9H,7H2,1-6H3;6-7H,8,14H2,1-5H3;6-7H,1-5H3;4*7-8H,1-6H3;5-6H,14H2,1-4H3;6-7,13H,1-5H3. The van der Waals surface area contributed by atoms with Crippen LogP contribution in [0.2, 0.25) is 0 Å². The van der Waals surface area contributed by atoms with Gasteiger partial charge < -0.3 is 16.6 Å². The summed E-state index contributed by atoms with van der Waals surface area (Å²) in [6, 6.07) is 42.7. The van der Waals surface area contributed by atoms with Crippen LogP contribution in [0.4, 0.5) is 5.69 Å². The minimum atomic E-state index is -0.0111. The van der Waals surface area contributed by atoms with Gasteiger partial charge in [0.2, 0.25) is 0 Å². The molecule has 0 aliphatic carbocycles. The SMILES string of the molecule is CCc1cc(C)c(C(C)(C)C)c(C)c1.Cc1cc(C)c(C(C)(C)C)c(C)c1.Cc1cc(C)c(C(C)(C)C)c(C)c1.Cc1cc(CN)cc(C)c1C(C)(C)C.Cc1cc(N)cc(C#N)c1C(C)(C)C.Cc1cc(O)cc(C)c1C(C)(C)C.Cc1ccc(C#N)c(C(C)(C)C)c1C.Cc1ccc(C)c(C(C)(C)C)c1C.Cc1ccc(C)c(C(C)(C)C)c1C. The maximum atomic E-state index is 9.38. The van der Waals surface area contributed by atoms with E-state index in [2.05, 4.69) is 403 Å². The molecule has 0 aliphatic heterocycles. The molecule has 9 aromatic carbocycles. The normalized spacial score (nSPS) is 11.7. The van der Waals surface area contributed by atoms with Gasteiger partial charge >= 0.3 is 0 Å². The summed E-state index contributed by atoms with van der Waals surface area (Å²) in [5, 5.41) is 27.5. The zero-order chi connectivity index (χ0) is 94.8. The zero-order valence-electron chi connectivity index (χ0n) is 86.8. The number of aromatic hydroxyl groups is 1. The van der Waals surface area contributed by atoms with Crippen molar-refractivity contribution < 1.29 is 5.11 Å². The quantitative estimate of drug-likeness (QED) is 0.149. The summed E-state index contributed by atoms with van der Waals surface area (Å²) in [6.07, 6.45) is 1.13. The van der Waals surface area contributed by atoms with Crippen LogP contribution in [-0.2, 0) is 61.7 Å². The van der Waals surface area contributed by atoms with Crippen molar-refractivity contribution in [3.05, 3.63) is 298 Å². The van der Waals surface area contributed by atoms with E-state index in [-0.39, 0.29) is 48.7 Å². The Morgan fingerprint density at radius 2 is 0.463 bits per heavy atom. The number of hydrogen-bond acceptors (Lipinski definition) is 5. The molecule has 0 aromatic heterocycles. The molecule has 0 aliphatic rings. The molecule has 5 N–H and O–H groups in total. The van der Waals surface area contributed by atoms with Gasteiger partial charge in [0.25, 0.3) is 0 Å². The van der Waals surface area contributed by atoms with E-state index in [0.29, 0.717) is 23.5 Å². The van der Waals surface area contributed by atoms with E-state index < -0.39 is 0 Å². The van der Waals surface area contributed by atoms with Crippen LogP contribution >= 0.6 is 0 Å². The molecule has 0 bridgehead atoms. The first-order valence-electron chi connectivity index (χ1n) is 44.4. The van der Waals surface area contributed by atoms with Gasteiger partial charge in [0.15, 0.2) is 0 Å². The van der Waals surface area contributed by atoms with Crippen LogP contribution < -0.4 is 11.5 Å². The van der Waals surface area contributed by atoms with Crippen molar-refractivity contribution in [2.45, 2.75) is 401 Å². The van der Waals surface area contributed by atoms with E-state index >= 15 is 0 Å². The fourth-order valence-electron chi connectivity index (χ4n) is 19.6. The molecule has 121 heavy (non-hydrogen) atoms. The second-order valence-electron chi connectivity index (χ2n) is 44.3. The second kappa shape index (κ2) is 44.2. The minimum absolute atomic E-state index is 0.0111. The van der Waals surface area contributed by atoms with Gasteiger partial charge in [0, 0.05) is 12.2 Å². The third-order valence-electron chi connectivity index (χ3n) is 22.7. The first-order chi connectivity index (χ1) is 54.6. The molecule has 9 aromatic rings. The molecular weight excluding hydrogens is 1470 g/mol. The summed E-state index contributed by atoms with van der Waals surface area (Å²) in [5.41, 5.74) is 59.0. The van der Waals surface area contributed by atoms with E-state index in [0.717, 1.165) is 23.1 Å². The fourth-order valence-corrected chi connectivity index (χ4v) is 19.6. The zero-order valence-corrected chi connectivity index (χ0v) is 86.8. The van der Waals surface area contributed by atoms with Crippen LogP contribution in [-0.4, -0.2) is 5.11 Å². The molecule has 0 fully saturated rings. The lowest BCUT2D eigenvalue weighted by molar-refractivity contribution is 0.472. The molecule has 0 radical (unpaired) electrons. The van der Waals surface area contributed by atoms with Gasteiger partial charge in [-0.2, -0.15) is 10.5 Å². The Morgan fingerprint density at radius 3 is 0.694 bits per heavy atom. The van der Waals surface area contributed by atoms with Crippen LogP contribution in [0.25, 0.3) is 0 Å². The van der Waals surface area contributed by atoms with E-state index in [1.807, 2.05) is 51.1 Å². The van der Waals surface area contributed by atoms with Gasteiger partial charge in [-0.15, -0.1) is 0 Å². The van der Waals surface area contributed by atoms with Gasteiger partial charge in [-0.3, -0.25) is 0 Å². The number of phenols is 1. The Bertz CT molecular complexity index is 4620. The number of aryl methyl sites for hydroxylation is 19. The lowest BCUT2D eigenvalue weighted by Gasteiger charge is -2.25. The van der Waals surface area contributed by atoms with Crippen LogP contribution in [0, 0.1) is 168 Å². The Labute approximate surface area is 745 Å². The molecule has 9 rings (SSSR count). The van der Waals surface area contributed by atoms with Crippen molar-refractivity contribution in [2.75, 3.05) is 5.73 Å². The highest BCUT2D eigenvalue weighted by atomic mass is 16.3. The maximum absolute atomic E-state index is 9.38. The fraction of sp³-hybridized carbons (Fsp3) is 0.517. The number of phenolic OH excluding ortho intramolecular Hbond substituents is 1. The smallest absolute Gasteiger partial charge is 0.116 e. The number of nitrogens with two attached hydrogens (primary N) is 2. The summed E-state index contributed by atoms with van der Waals surface area (Å²) < 4.78 is 0. The monoisotopic (exact) mass is 1640 g/mol. The van der Waals surface area contributed by atoms with Crippen LogP contribution in [0.5, 0.6) is 5.75 Å². The number of anilines is 1. The molecule has 664 valence electrons. The van der Waals surface area contributed by atoms with Gasteiger partial charge in [-0.1, -0.05) is 284 Å². The number of nitrogens with zero attached hydrogens (tertiary/aromatic N) is 2. The minimum Gasteiger partial charge on any atom is -0.508 e. The third-order valence-corrected chi connectivity index (χ3v) is 22.7. The lowest BCUT2D eigenvalue weighted by atomic mass is 9.80. The largest absolute Gasteiger partial charge is 0.508 e. The molecule has 0 atom stereocenters. The number of nitriles is 2. The van der Waals surface area contributed by atoms with Crippen molar-refractivity contribution in [1.82, 2.24) is 0 Å². The molecule has 0 spiro atoms. The second-order valence-corrected chi connectivity index (χ2v) is 44.3. The maximum Gasteiger partial charge on any atom is 0.116 e. The van der Waals surface area contributed by atoms with E-state index in [1.54, 1.807) is 6.07 Å². The Morgan fingerprint density at radius 1 is 0.248 bits per heavy atom. The number of rotatable bonds is 2. The molecule has 0 unspecified atom stereocenters. The Kier molecular flexibility index (Phi) is 40.4. The highest BCUT2D eigenvalue weighted by Crippen LogP contribution is 2.38. The number of hydrogen-bond donors (Lipinski definition) is 3. The first-order valence-corrected chi connectivity index (χ1v) is 44.4. The van der Waals surface area contributed by atoms with E-state index in [9.17, 15) is 5.11 Å². The van der Waals surface area contributed by atoms with Gasteiger partial charge in [0.1, 0.15) is 5.75 Å². The van der Waals surface area contributed by atoms with E-state index in [4.69, 9.17) is 22.0 Å². The van der Waals surface area contributed by atoms with Gasteiger partial charge in [-0.05, 0) is 398 Å². The third kappa shape index (κ3) is 33.3. The summed E-state index contributed by atoms with van der Waals surface area (Å²) in [7, 11) is 0. The van der Waals surface area contributed by atoms with Crippen LogP contribution in [0.3, 0.4) is 0 Å². The van der Waals surface area contributed by atoms with E-state index in [1.165, 1.54) is 167 Å². The molecule has 0 saturated carbocycles. The first kappa shape index (κ1) is 111. The summed E-state index contributed by atoms with van der Waals surface area (Å²) in [4.78, 5) is 0. The Hall–Kier alpha value is -8.48. The topological polar surface area (TPSA) is 120 Å². The molecule has 5 nitrogen and oxygen atoms in total. The van der Waals surface area contributed by atoms with Crippen LogP contribution in [0.15, 0.2) is 109 Å². The average Bonchev–Trinajstić information content (AvgIpc) is 0.878. The molecule has 0 heterocycles. The molecule has 5 heteroatoms. The number of nitrogen functional groups attached to an aromatic ring is 1. The lowest BCUT2D eigenvalue weighted by Crippen LogP contribution is -2.16.